The summed E-state index contributed by atoms with van der Waals surface area (Å²) in [6.07, 6.45) is 8.63. The van der Waals surface area contributed by atoms with E-state index in [0.29, 0.717) is 5.92 Å². The van der Waals surface area contributed by atoms with E-state index in [1.165, 1.54) is 11.1 Å². The third-order valence-electron chi connectivity index (χ3n) is 3.80. The second-order valence-electron chi connectivity index (χ2n) is 5.69. The Morgan fingerprint density at radius 3 is 2.81 bits per heavy atom. The fourth-order valence-corrected chi connectivity index (χ4v) is 2.48. The first kappa shape index (κ1) is 13.5. The van der Waals surface area contributed by atoms with Crippen LogP contribution in [0.5, 0.6) is 0 Å². The lowest BCUT2D eigenvalue weighted by Crippen LogP contribution is -2.35. The van der Waals surface area contributed by atoms with Gasteiger partial charge in [-0.05, 0) is 65.2 Å². The molecule has 1 N–H and O–H groups in total. The quantitative estimate of drug-likeness (QED) is 0.690. The highest BCUT2D eigenvalue weighted by molar-refractivity contribution is 5.05. The number of hydrogen-bond acceptors (Lipinski definition) is 1. The fraction of sp³-hybridized carbons (Fsp3) is 0.733. The van der Waals surface area contributed by atoms with Crippen molar-refractivity contribution in [3.8, 4) is 0 Å². The van der Waals surface area contributed by atoms with Crippen molar-refractivity contribution in [2.45, 2.75) is 64.9 Å². The Labute approximate surface area is 100 Å². The predicted molar refractivity (Wildman–Crippen MR) is 70.4 cm³/mol. The van der Waals surface area contributed by atoms with Crippen LogP contribution in [-0.2, 0) is 0 Å². The summed E-state index contributed by atoms with van der Waals surface area (Å²) >= 11 is 0. The van der Waals surface area contributed by atoms with E-state index in [2.05, 4.69) is 26.5 Å². The molecule has 1 aliphatic rings. The maximum atomic E-state index is 10.5. The van der Waals surface area contributed by atoms with Gasteiger partial charge in [-0.3, -0.25) is 0 Å². The maximum Gasteiger partial charge on any atom is 0.0651 e. The van der Waals surface area contributed by atoms with Gasteiger partial charge in [-0.15, -0.1) is 6.58 Å². The average molecular weight is 222 g/mol. The molecule has 0 fully saturated rings. The highest BCUT2D eigenvalue weighted by Crippen LogP contribution is 2.34. The van der Waals surface area contributed by atoms with Gasteiger partial charge >= 0.3 is 0 Å². The Morgan fingerprint density at radius 1 is 1.62 bits per heavy atom. The van der Waals surface area contributed by atoms with Crippen molar-refractivity contribution >= 4 is 0 Å². The van der Waals surface area contributed by atoms with E-state index in [-0.39, 0.29) is 0 Å². The molecule has 0 aromatic rings. The first-order valence-corrected chi connectivity index (χ1v) is 6.44. The second-order valence-corrected chi connectivity index (χ2v) is 5.69. The molecule has 0 heterocycles. The van der Waals surface area contributed by atoms with Gasteiger partial charge in [-0.1, -0.05) is 17.2 Å². The molecular formula is C15H26O. The van der Waals surface area contributed by atoms with Crippen molar-refractivity contribution in [1.29, 1.82) is 0 Å². The van der Waals surface area contributed by atoms with Gasteiger partial charge in [0.25, 0.3) is 0 Å². The lowest BCUT2D eigenvalue weighted by molar-refractivity contribution is -0.0145. The Bertz CT molecular complexity index is 273. The van der Waals surface area contributed by atoms with E-state index in [1.54, 1.807) is 0 Å². The monoisotopic (exact) mass is 222 g/mol. The molecule has 0 unspecified atom stereocenters. The lowest BCUT2D eigenvalue weighted by atomic mass is 9.76. The molecule has 2 atom stereocenters. The van der Waals surface area contributed by atoms with Crippen LogP contribution in [0.3, 0.4) is 0 Å². The molecule has 0 amide bonds. The summed E-state index contributed by atoms with van der Waals surface area (Å²) in [6, 6.07) is 0. The summed E-state index contributed by atoms with van der Waals surface area (Å²) in [6.45, 7) is 10.2. The standard InChI is InChI=1S/C15H26O/c1-12(2)6-5-11-15(4,16)14-9-7-13(3)8-10-14/h7,14,16H,1,5-6,8-11H2,2-4H3/t14-,15+/m1/s1. The molecule has 92 valence electrons. The molecule has 0 aromatic carbocycles. The molecule has 1 heteroatoms. The topological polar surface area (TPSA) is 20.2 Å². The van der Waals surface area contributed by atoms with E-state index < -0.39 is 5.60 Å². The summed E-state index contributed by atoms with van der Waals surface area (Å²) in [5.74, 6) is 0.446. The second kappa shape index (κ2) is 5.67. The van der Waals surface area contributed by atoms with Crippen molar-refractivity contribution in [3.63, 3.8) is 0 Å². The zero-order chi connectivity index (χ0) is 12.2. The van der Waals surface area contributed by atoms with Crippen LogP contribution in [0, 0.1) is 5.92 Å². The van der Waals surface area contributed by atoms with Crippen LogP contribution >= 0.6 is 0 Å². The fourth-order valence-electron chi connectivity index (χ4n) is 2.48. The van der Waals surface area contributed by atoms with Crippen LogP contribution in [-0.4, -0.2) is 10.7 Å². The van der Waals surface area contributed by atoms with Crippen LogP contribution in [0.2, 0.25) is 0 Å². The first-order valence-electron chi connectivity index (χ1n) is 6.44. The van der Waals surface area contributed by atoms with Crippen molar-refractivity contribution < 1.29 is 5.11 Å². The summed E-state index contributed by atoms with van der Waals surface area (Å²) in [4.78, 5) is 0. The highest BCUT2D eigenvalue weighted by Gasteiger charge is 2.31. The van der Waals surface area contributed by atoms with E-state index in [0.717, 1.165) is 38.5 Å². The van der Waals surface area contributed by atoms with Crippen molar-refractivity contribution in [1.82, 2.24) is 0 Å². The van der Waals surface area contributed by atoms with Gasteiger partial charge < -0.3 is 5.11 Å². The van der Waals surface area contributed by atoms with E-state index in [1.807, 2.05) is 6.92 Å². The molecule has 1 aliphatic carbocycles. The zero-order valence-corrected chi connectivity index (χ0v) is 11.1. The Kier molecular flexibility index (Phi) is 4.79. The van der Waals surface area contributed by atoms with Crippen LogP contribution in [0.25, 0.3) is 0 Å². The molecule has 0 radical (unpaired) electrons. The van der Waals surface area contributed by atoms with E-state index in [4.69, 9.17) is 0 Å². The largest absolute Gasteiger partial charge is 0.390 e. The van der Waals surface area contributed by atoms with Gasteiger partial charge in [0.15, 0.2) is 0 Å². The summed E-state index contributed by atoms with van der Waals surface area (Å²) in [5.41, 5.74) is 2.20. The predicted octanol–water partition coefficient (Wildman–Crippen LogP) is 4.23. The van der Waals surface area contributed by atoms with Crippen LogP contribution in [0.4, 0.5) is 0 Å². The zero-order valence-electron chi connectivity index (χ0n) is 11.1. The molecule has 1 rings (SSSR count). The molecular weight excluding hydrogens is 196 g/mol. The van der Waals surface area contributed by atoms with Crippen LogP contribution in [0.15, 0.2) is 23.8 Å². The summed E-state index contributed by atoms with van der Waals surface area (Å²) in [5, 5.41) is 10.5. The van der Waals surface area contributed by atoms with Gasteiger partial charge in [0.05, 0.1) is 5.60 Å². The van der Waals surface area contributed by atoms with Crippen molar-refractivity contribution in [2.24, 2.45) is 5.92 Å². The van der Waals surface area contributed by atoms with Gasteiger partial charge in [0.2, 0.25) is 0 Å². The number of hydrogen-bond donors (Lipinski definition) is 1. The molecule has 0 spiro atoms. The van der Waals surface area contributed by atoms with Gasteiger partial charge in [0, 0.05) is 0 Å². The van der Waals surface area contributed by atoms with Crippen molar-refractivity contribution in [2.75, 3.05) is 0 Å². The number of rotatable bonds is 5. The SMILES string of the molecule is C=C(C)CCC[C@](C)(O)[C@@H]1CC=C(C)CC1. The van der Waals surface area contributed by atoms with Crippen molar-refractivity contribution in [3.05, 3.63) is 23.8 Å². The molecule has 0 saturated heterocycles. The van der Waals surface area contributed by atoms with Crippen LogP contribution in [0.1, 0.15) is 59.3 Å². The molecule has 16 heavy (non-hydrogen) atoms. The van der Waals surface area contributed by atoms with Gasteiger partial charge in [-0.25, -0.2) is 0 Å². The molecule has 0 bridgehead atoms. The molecule has 0 saturated carbocycles. The molecule has 0 aliphatic heterocycles. The molecule has 0 aromatic heterocycles. The summed E-state index contributed by atoms with van der Waals surface area (Å²) < 4.78 is 0. The maximum absolute atomic E-state index is 10.5. The van der Waals surface area contributed by atoms with E-state index in [9.17, 15) is 5.11 Å². The first-order chi connectivity index (χ1) is 7.42. The number of aliphatic hydroxyl groups is 1. The van der Waals surface area contributed by atoms with Gasteiger partial charge in [-0.2, -0.15) is 0 Å². The van der Waals surface area contributed by atoms with E-state index >= 15 is 0 Å². The summed E-state index contributed by atoms with van der Waals surface area (Å²) in [7, 11) is 0. The normalized spacial score (nSPS) is 24.8. The Morgan fingerprint density at radius 2 is 2.31 bits per heavy atom. The highest BCUT2D eigenvalue weighted by atomic mass is 16.3. The average Bonchev–Trinajstić information content (AvgIpc) is 2.17. The minimum atomic E-state index is -0.493. The minimum Gasteiger partial charge on any atom is -0.390 e. The number of allylic oxidation sites excluding steroid dienone is 3. The molecule has 1 nitrogen and oxygen atoms in total. The Hall–Kier alpha value is -0.560. The minimum absolute atomic E-state index is 0.446. The smallest absolute Gasteiger partial charge is 0.0651 e. The Balaban J connectivity index is 2.41. The lowest BCUT2D eigenvalue weighted by Gasteiger charge is -2.35. The third kappa shape index (κ3) is 4.13. The van der Waals surface area contributed by atoms with Gasteiger partial charge in [0.1, 0.15) is 0 Å². The van der Waals surface area contributed by atoms with Crippen LogP contribution < -0.4 is 0 Å². The third-order valence-corrected chi connectivity index (χ3v) is 3.80.